The molecule has 2 heterocycles. The predicted molar refractivity (Wildman–Crippen MR) is 71.0 cm³/mol. The van der Waals surface area contributed by atoms with Crippen LogP contribution >= 0.6 is 0 Å². The third-order valence-corrected chi connectivity index (χ3v) is 2.11. The first-order chi connectivity index (χ1) is 10.4. The van der Waals surface area contributed by atoms with Crippen molar-refractivity contribution < 1.29 is 22.7 Å². The minimum Gasteiger partial charge on any atom is -0.477 e. The summed E-state index contributed by atoms with van der Waals surface area (Å²) in [6.45, 7) is -0.388. The van der Waals surface area contributed by atoms with Crippen LogP contribution in [0.25, 0.3) is 0 Å². The fourth-order valence-electron chi connectivity index (χ4n) is 1.14. The maximum absolute atomic E-state index is 11.7. The molecule has 0 aliphatic rings. The van der Waals surface area contributed by atoms with Gasteiger partial charge in [-0.2, -0.15) is 13.2 Å². The van der Waals surface area contributed by atoms with E-state index in [0.717, 1.165) is 0 Å². The fourth-order valence-corrected chi connectivity index (χ4v) is 1.14. The predicted octanol–water partition coefficient (Wildman–Crippen LogP) is 1.99. The molecule has 0 spiro atoms. The molecule has 1 amide bonds. The number of aromatic nitrogens is 3. The second-order valence-corrected chi connectivity index (χ2v) is 3.84. The van der Waals surface area contributed by atoms with Crippen LogP contribution in [0.2, 0.25) is 0 Å². The standard InChI is InChI=1S/C8H8F3NO.C5H5N3O/c9-8(10,11)4-6-13-7-3-1-2-5-12-7;6-5(9)4-1-2-7-3-8-4/h1-3,5H,4,6H2;1-3H,(H2,6,9). The third-order valence-electron chi connectivity index (χ3n) is 2.11. The molecule has 2 aromatic rings. The summed E-state index contributed by atoms with van der Waals surface area (Å²) in [6.07, 6.45) is -0.922. The van der Waals surface area contributed by atoms with Crippen LogP contribution in [0.4, 0.5) is 13.2 Å². The Labute approximate surface area is 124 Å². The summed E-state index contributed by atoms with van der Waals surface area (Å²) in [6, 6.07) is 6.28. The van der Waals surface area contributed by atoms with Crippen LogP contribution in [0, 0.1) is 0 Å². The molecule has 2 aromatic heterocycles. The Kier molecular flexibility index (Phi) is 6.74. The molecule has 0 aliphatic heterocycles. The summed E-state index contributed by atoms with van der Waals surface area (Å²) in [5, 5.41) is 0. The fraction of sp³-hybridized carbons (Fsp3) is 0.231. The topological polar surface area (TPSA) is 91.0 Å². The molecule has 118 valence electrons. The van der Waals surface area contributed by atoms with E-state index in [9.17, 15) is 18.0 Å². The van der Waals surface area contributed by atoms with Gasteiger partial charge in [-0.3, -0.25) is 4.79 Å². The molecule has 2 rings (SSSR count). The summed E-state index contributed by atoms with van der Waals surface area (Å²) >= 11 is 0. The van der Waals surface area contributed by atoms with Crippen LogP contribution in [0.15, 0.2) is 43.0 Å². The average Bonchev–Trinajstić information content (AvgIpc) is 2.48. The van der Waals surface area contributed by atoms with Crippen molar-refractivity contribution in [1.82, 2.24) is 15.0 Å². The van der Waals surface area contributed by atoms with Crippen molar-refractivity contribution in [3.63, 3.8) is 0 Å². The van der Waals surface area contributed by atoms with Crippen LogP contribution in [0.3, 0.4) is 0 Å². The highest BCUT2D eigenvalue weighted by Crippen LogP contribution is 2.19. The number of primary amides is 1. The highest BCUT2D eigenvalue weighted by molar-refractivity contribution is 5.90. The van der Waals surface area contributed by atoms with E-state index < -0.39 is 18.5 Å². The summed E-state index contributed by atoms with van der Waals surface area (Å²) < 4.78 is 39.7. The number of nitrogens with zero attached hydrogens (tertiary/aromatic N) is 3. The van der Waals surface area contributed by atoms with Gasteiger partial charge in [-0.15, -0.1) is 0 Å². The minimum atomic E-state index is -4.17. The van der Waals surface area contributed by atoms with Gasteiger partial charge in [-0.25, -0.2) is 15.0 Å². The molecule has 22 heavy (non-hydrogen) atoms. The van der Waals surface area contributed by atoms with Gasteiger partial charge in [0, 0.05) is 18.5 Å². The lowest BCUT2D eigenvalue weighted by molar-refractivity contribution is -0.139. The van der Waals surface area contributed by atoms with Gasteiger partial charge >= 0.3 is 6.18 Å². The number of ether oxygens (including phenoxy) is 1. The molecule has 2 N–H and O–H groups in total. The zero-order valence-corrected chi connectivity index (χ0v) is 11.3. The van der Waals surface area contributed by atoms with Crippen molar-refractivity contribution in [2.45, 2.75) is 12.6 Å². The number of amides is 1. The SMILES string of the molecule is FC(F)(F)CCOc1ccccn1.NC(=O)c1ccncn1. The molecular weight excluding hydrogens is 301 g/mol. The Hall–Kier alpha value is -2.71. The lowest BCUT2D eigenvalue weighted by Gasteiger charge is -2.06. The summed E-state index contributed by atoms with van der Waals surface area (Å²) in [5.41, 5.74) is 5.13. The number of alkyl halides is 3. The lowest BCUT2D eigenvalue weighted by atomic mass is 10.4. The van der Waals surface area contributed by atoms with Crippen LogP contribution in [-0.2, 0) is 0 Å². The second kappa shape index (κ2) is 8.55. The summed E-state index contributed by atoms with van der Waals surface area (Å²) in [5.74, 6) is -0.316. The van der Waals surface area contributed by atoms with E-state index in [4.69, 9.17) is 10.5 Å². The number of hydrogen-bond acceptors (Lipinski definition) is 5. The first-order valence-electron chi connectivity index (χ1n) is 6.05. The molecule has 0 radical (unpaired) electrons. The molecule has 0 aromatic carbocycles. The van der Waals surface area contributed by atoms with Gasteiger partial charge in [-0.05, 0) is 12.1 Å². The Morgan fingerprint density at radius 3 is 2.41 bits per heavy atom. The summed E-state index contributed by atoms with van der Waals surface area (Å²) in [4.78, 5) is 21.2. The molecule has 0 unspecified atom stereocenters. The van der Waals surface area contributed by atoms with E-state index >= 15 is 0 Å². The first-order valence-corrected chi connectivity index (χ1v) is 6.05. The maximum Gasteiger partial charge on any atom is 0.392 e. The Bertz CT molecular complexity index is 565. The molecule has 9 heteroatoms. The van der Waals surface area contributed by atoms with E-state index in [1.807, 2.05) is 0 Å². The zero-order valence-electron chi connectivity index (χ0n) is 11.3. The molecule has 0 aliphatic carbocycles. The van der Waals surface area contributed by atoms with E-state index in [-0.39, 0.29) is 18.2 Å². The third kappa shape index (κ3) is 7.78. The Balaban J connectivity index is 0.000000235. The van der Waals surface area contributed by atoms with Gasteiger partial charge in [0.1, 0.15) is 12.0 Å². The monoisotopic (exact) mass is 314 g/mol. The van der Waals surface area contributed by atoms with E-state index in [2.05, 4.69) is 15.0 Å². The molecule has 0 saturated heterocycles. The molecule has 0 saturated carbocycles. The summed E-state index contributed by atoms with van der Waals surface area (Å²) in [7, 11) is 0. The first kappa shape index (κ1) is 17.3. The van der Waals surface area contributed by atoms with Crippen molar-refractivity contribution in [2.24, 2.45) is 5.73 Å². The molecule has 6 nitrogen and oxygen atoms in total. The van der Waals surface area contributed by atoms with E-state index in [0.29, 0.717) is 0 Å². The number of carbonyl (C=O) groups is 1. The lowest BCUT2D eigenvalue weighted by Crippen LogP contribution is -2.13. The van der Waals surface area contributed by atoms with Crippen molar-refractivity contribution >= 4 is 5.91 Å². The number of nitrogens with two attached hydrogens (primary N) is 1. The van der Waals surface area contributed by atoms with Crippen LogP contribution in [0.5, 0.6) is 5.88 Å². The normalized spacial score (nSPS) is 10.3. The number of carbonyl (C=O) groups excluding carboxylic acids is 1. The number of hydrogen-bond donors (Lipinski definition) is 1. The zero-order chi connectivity index (χ0) is 16.4. The van der Waals surface area contributed by atoms with Crippen molar-refractivity contribution in [2.75, 3.05) is 6.61 Å². The second-order valence-electron chi connectivity index (χ2n) is 3.84. The van der Waals surface area contributed by atoms with Crippen molar-refractivity contribution in [3.05, 3.63) is 48.7 Å². The smallest absolute Gasteiger partial charge is 0.392 e. The average molecular weight is 314 g/mol. The van der Waals surface area contributed by atoms with E-state index in [1.165, 1.54) is 30.9 Å². The van der Waals surface area contributed by atoms with Gasteiger partial charge in [0.2, 0.25) is 5.88 Å². The molecular formula is C13H13F3N4O2. The van der Waals surface area contributed by atoms with Gasteiger partial charge in [-0.1, -0.05) is 6.07 Å². The highest BCUT2D eigenvalue weighted by Gasteiger charge is 2.26. The van der Waals surface area contributed by atoms with Gasteiger partial charge < -0.3 is 10.5 Å². The van der Waals surface area contributed by atoms with Crippen LogP contribution < -0.4 is 10.5 Å². The van der Waals surface area contributed by atoms with E-state index in [1.54, 1.807) is 12.1 Å². The van der Waals surface area contributed by atoms with Gasteiger partial charge in [0.25, 0.3) is 5.91 Å². The largest absolute Gasteiger partial charge is 0.477 e. The molecule has 0 atom stereocenters. The van der Waals surface area contributed by atoms with Crippen LogP contribution in [-0.4, -0.2) is 33.6 Å². The van der Waals surface area contributed by atoms with Crippen molar-refractivity contribution in [3.8, 4) is 5.88 Å². The quantitative estimate of drug-likeness (QED) is 0.932. The van der Waals surface area contributed by atoms with Gasteiger partial charge in [0.15, 0.2) is 0 Å². The molecule has 0 bridgehead atoms. The highest BCUT2D eigenvalue weighted by atomic mass is 19.4. The minimum absolute atomic E-state index is 0.215. The Morgan fingerprint density at radius 1 is 1.18 bits per heavy atom. The van der Waals surface area contributed by atoms with Gasteiger partial charge in [0.05, 0.1) is 13.0 Å². The maximum atomic E-state index is 11.7. The van der Waals surface area contributed by atoms with Crippen molar-refractivity contribution in [1.29, 1.82) is 0 Å². The van der Waals surface area contributed by atoms with Crippen LogP contribution in [0.1, 0.15) is 16.9 Å². The molecule has 0 fully saturated rings. The number of rotatable bonds is 4. The number of halogens is 3. The number of pyridine rings is 1. The Morgan fingerprint density at radius 2 is 1.95 bits per heavy atom.